The van der Waals surface area contributed by atoms with Crippen LogP contribution in [0.25, 0.3) is 0 Å². The van der Waals surface area contributed by atoms with E-state index in [1.165, 1.54) is 18.9 Å². The van der Waals surface area contributed by atoms with Crippen molar-refractivity contribution in [2.45, 2.75) is 38.3 Å². The lowest BCUT2D eigenvalue weighted by atomic mass is 10.1. The molecular weight excluding hydrogens is 396 g/mol. The summed E-state index contributed by atoms with van der Waals surface area (Å²) in [7, 11) is 1.73. The molecule has 1 unspecified atom stereocenters. The van der Waals surface area contributed by atoms with Crippen molar-refractivity contribution in [1.29, 1.82) is 0 Å². The lowest BCUT2D eigenvalue weighted by Crippen LogP contribution is -2.51. The summed E-state index contributed by atoms with van der Waals surface area (Å²) in [5.41, 5.74) is 7.66. The molecule has 1 atom stereocenters. The highest BCUT2D eigenvalue weighted by molar-refractivity contribution is 5.94. The molecule has 1 fully saturated rings. The average molecular weight is 423 g/mol. The van der Waals surface area contributed by atoms with Gasteiger partial charge in [-0.3, -0.25) is 5.73 Å². The van der Waals surface area contributed by atoms with E-state index in [-0.39, 0.29) is 17.2 Å². The maximum Gasteiger partial charge on any atom is 0.586 e. The molecule has 1 saturated heterocycles. The molecule has 3 aliphatic rings. The quantitative estimate of drug-likeness (QED) is 0.603. The number of nitrogens with zero attached hydrogens (tertiary/aromatic N) is 2. The molecule has 0 radical (unpaired) electrons. The first-order valence-corrected chi connectivity index (χ1v) is 10.1. The topological polar surface area (TPSA) is 93.4 Å². The minimum Gasteiger partial charge on any atom is -0.489 e. The molecule has 0 aliphatic carbocycles. The van der Waals surface area contributed by atoms with Gasteiger partial charge in [-0.1, -0.05) is 0 Å². The summed E-state index contributed by atoms with van der Waals surface area (Å²) in [6.07, 6.45) is 1.23. The third-order valence-corrected chi connectivity index (χ3v) is 5.28. The second-order valence-corrected chi connectivity index (χ2v) is 7.69. The molecule has 4 N–H and O–H groups in total. The zero-order chi connectivity index (χ0) is 21.4. The Hall–Kier alpha value is -2.59. The van der Waals surface area contributed by atoms with Gasteiger partial charge in [0.15, 0.2) is 11.5 Å². The number of allylic oxidation sites excluding steroid dienone is 1. The van der Waals surface area contributed by atoms with Crippen LogP contribution in [0.1, 0.15) is 31.7 Å². The number of aliphatic imine (C=N–C) groups is 1. The molecule has 1 aromatic rings. The molecule has 0 amide bonds. The molecule has 1 aromatic carbocycles. The van der Waals surface area contributed by atoms with Crippen LogP contribution in [-0.2, 0) is 5.79 Å². The van der Waals surface area contributed by atoms with Crippen molar-refractivity contribution in [1.82, 2.24) is 15.5 Å². The Labute approximate surface area is 174 Å². The summed E-state index contributed by atoms with van der Waals surface area (Å²) in [5, 5.41) is 6.03. The van der Waals surface area contributed by atoms with Crippen LogP contribution in [0.4, 0.5) is 8.78 Å². The lowest BCUT2D eigenvalue weighted by molar-refractivity contribution is -0.287. The summed E-state index contributed by atoms with van der Waals surface area (Å²) in [6.45, 7) is 5.28. The van der Waals surface area contributed by atoms with E-state index in [0.717, 1.165) is 31.8 Å². The predicted molar refractivity (Wildman–Crippen MR) is 108 cm³/mol. The minimum absolute atomic E-state index is 0.130. The van der Waals surface area contributed by atoms with Crippen molar-refractivity contribution in [2.24, 2.45) is 10.7 Å². The van der Waals surface area contributed by atoms with Crippen LogP contribution < -0.4 is 30.6 Å². The number of amidine groups is 1. The van der Waals surface area contributed by atoms with Gasteiger partial charge in [0.1, 0.15) is 5.84 Å². The van der Waals surface area contributed by atoms with Gasteiger partial charge < -0.3 is 29.7 Å². The fraction of sp³-hybridized carbons (Fsp3) is 0.550. The smallest absolute Gasteiger partial charge is 0.489 e. The van der Waals surface area contributed by atoms with Crippen molar-refractivity contribution in [3.8, 4) is 17.2 Å². The van der Waals surface area contributed by atoms with Crippen molar-refractivity contribution in [2.75, 3.05) is 33.3 Å². The number of rotatable bonds is 6. The molecule has 30 heavy (non-hydrogen) atoms. The third-order valence-electron chi connectivity index (χ3n) is 5.28. The van der Waals surface area contributed by atoms with Crippen LogP contribution in [-0.4, -0.2) is 50.3 Å². The van der Waals surface area contributed by atoms with Crippen molar-refractivity contribution >= 4 is 5.84 Å². The predicted octanol–water partition coefficient (Wildman–Crippen LogP) is 2.07. The summed E-state index contributed by atoms with van der Waals surface area (Å²) in [5.74, 6) is -0.923. The molecule has 8 nitrogen and oxygen atoms in total. The van der Waals surface area contributed by atoms with Crippen LogP contribution in [0, 0.1) is 0 Å². The van der Waals surface area contributed by atoms with Gasteiger partial charge in [-0.05, 0) is 57.5 Å². The van der Waals surface area contributed by atoms with Gasteiger partial charge in [0, 0.05) is 24.9 Å². The summed E-state index contributed by atoms with van der Waals surface area (Å²) >= 11 is 0. The van der Waals surface area contributed by atoms with E-state index in [9.17, 15) is 8.78 Å². The number of likely N-dealkylation sites (tertiary alicyclic amines) is 1. The zero-order valence-electron chi connectivity index (χ0n) is 17.1. The van der Waals surface area contributed by atoms with E-state index in [1.807, 2.05) is 6.92 Å². The Morgan fingerprint density at radius 2 is 2.07 bits per heavy atom. The first kappa shape index (κ1) is 20.7. The molecule has 164 valence electrons. The number of ether oxygens (including phenoxy) is 3. The first-order valence-electron chi connectivity index (χ1n) is 10.1. The van der Waals surface area contributed by atoms with E-state index in [2.05, 4.69) is 30.0 Å². The maximum absolute atomic E-state index is 13.8. The van der Waals surface area contributed by atoms with E-state index in [0.29, 0.717) is 18.0 Å². The summed E-state index contributed by atoms with van der Waals surface area (Å²) in [6, 6.07) is 2.97. The lowest BCUT2D eigenvalue weighted by Gasteiger charge is -2.32. The van der Waals surface area contributed by atoms with E-state index >= 15 is 0 Å². The van der Waals surface area contributed by atoms with Crippen molar-refractivity contribution in [3.05, 3.63) is 29.5 Å². The second-order valence-electron chi connectivity index (χ2n) is 7.69. The van der Waals surface area contributed by atoms with Gasteiger partial charge in [-0.2, -0.15) is 0 Å². The van der Waals surface area contributed by atoms with Gasteiger partial charge in [0.05, 0.1) is 6.61 Å². The molecule has 0 saturated carbocycles. The number of likely N-dealkylation sites (N-methyl/N-ethyl adjacent to an activating group) is 1. The van der Waals surface area contributed by atoms with Crippen molar-refractivity contribution in [3.63, 3.8) is 0 Å². The number of benzene rings is 1. The molecule has 3 aliphatic heterocycles. The Balaban J connectivity index is 1.57. The Morgan fingerprint density at radius 3 is 2.80 bits per heavy atom. The van der Waals surface area contributed by atoms with Gasteiger partial charge in [0.25, 0.3) is 0 Å². The second kappa shape index (κ2) is 7.92. The van der Waals surface area contributed by atoms with Crippen LogP contribution >= 0.6 is 0 Å². The monoisotopic (exact) mass is 423 g/mol. The molecule has 0 spiro atoms. The van der Waals surface area contributed by atoms with E-state index < -0.39 is 12.1 Å². The molecule has 0 aromatic heterocycles. The van der Waals surface area contributed by atoms with Crippen LogP contribution in [0.2, 0.25) is 0 Å². The normalized spacial score (nSPS) is 24.8. The highest BCUT2D eigenvalue weighted by Crippen LogP contribution is 2.49. The van der Waals surface area contributed by atoms with Crippen LogP contribution in [0.3, 0.4) is 0 Å². The Morgan fingerprint density at radius 1 is 1.30 bits per heavy atom. The van der Waals surface area contributed by atoms with Gasteiger partial charge in [0.2, 0.25) is 11.5 Å². The number of nitrogens with two attached hydrogens (primary N) is 1. The largest absolute Gasteiger partial charge is 0.586 e. The molecule has 4 rings (SSSR count). The highest BCUT2D eigenvalue weighted by Gasteiger charge is 2.46. The number of halogens is 2. The maximum atomic E-state index is 13.8. The summed E-state index contributed by atoms with van der Waals surface area (Å²) < 4.78 is 42.7. The van der Waals surface area contributed by atoms with Gasteiger partial charge in [-0.15, -0.1) is 8.78 Å². The standard InChI is InChI=1S/C20H27F2N5O3/c1-13-10-17(24-2)26-19(23,25-13)14-11-15(18-16(12-14)29-20(21,22)30-18)28-9-5-8-27-6-3-4-7-27/h10-12,25H,3-9,23H2,1-2H3,(H,24,26). The molecular formula is C20H27F2N5O3. The fourth-order valence-electron chi connectivity index (χ4n) is 3.88. The first-order chi connectivity index (χ1) is 14.3. The van der Waals surface area contributed by atoms with Gasteiger partial charge in [-0.25, -0.2) is 4.99 Å². The SMILES string of the molecule is CNC1=NC(N)(c2cc(OCCCN3CCCC3)c3c(c2)OC(F)(F)O3)NC(C)=C1. The Bertz CT molecular complexity index is 870. The highest BCUT2D eigenvalue weighted by atomic mass is 19.3. The van der Waals surface area contributed by atoms with E-state index in [4.69, 9.17) is 10.5 Å². The Kier molecular flexibility index (Phi) is 5.46. The van der Waals surface area contributed by atoms with Crippen molar-refractivity contribution < 1.29 is 23.0 Å². The van der Waals surface area contributed by atoms with Crippen LogP contribution in [0.5, 0.6) is 17.2 Å². The fourth-order valence-corrected chi connectivity index (χ4v) is 3.88. The number of nitrogens with one attached hydrogen (secondary N) is 2. The number of hydrogen-bond donors (Lipinski definition) is 3. The molecule has 3 heterocycles. The molecule has 0 bridgehead atoms. The summed E-state index contributed by atoms with van der Waals surface area (Å²) in [4.78, 5) is 6.82. The van der Waals surface area contributed by atoms with Gasteiger partial charge >= 0.3 is 6.29 Å². The number of hydrogen-bond acceptors (Lipinski definition) is 8. The number of fused-ring (bicyclic) bond motifs is 1. The molecule has 10 heteroatoms. The van der Waals surface area contributed by atoms with E-state index in [1.54, 1.807) is 19.2 Å². The minimum atomic E-state index is -3.76. The third kappa shape index (κ3) is 4.29. The average Bonchev–Trinajstić information content (AvgIpc) is 3.30. The zero-order valence-corrected chi connectivity index (χ0v) is 17.1. The number of alkyl halides is 2. The van der Waals surface area contributed by atoms with Crippen LogP contribution in [0.15, 0.2) is 28.9 Å².